The van der Waals surface area contributed by atoms with Crippen LogP contribution in [0.2, 0.25) is 0 Å². The fraction of sp³-hybridized carbons (Fsp3) is 0.625. The zero-order chi connectivity index (χ0) is 14.1. The van der Waals surface area contributed by atoms with Gasteiger partial charge in [0.2, 0.25) is 6.17 Å². The lowest BCUT2D eigenvalue weighted by atomic mass is 9.60. The number of para-hydroxylation sites is 1. The number of quaternary nitrogens is 2. The van der Waals surface area contributed by atoms with Gasteiger partial charge in [0.1, 0.15) is 11.3 Å². The van der Waals surface area contributed by atoms with E-state index in [1.165, 1.54) is 9.80 Å². The number of phenolic OH excluding ortho intramolecular Hbond substituents is 1. The third kappa shape index (κ3) is 1.47. The Morgan fingerprint density at radius 2 is 1.50 bits per heavy atom. The van der Waals surface area contributed by atoms with Crippen LogP contribution in [0.15, 0.2) is 24.3 Å². The number of rotatable bonds is 1. The van der Waals surface area contributed by atoms with Gasteiger partial charge in [-0.05, 0) is 26.0 Å². The standard InChI is InChI=1S/C16H22N2O2/c1-15-7-17-9-16(2,14(15)20)10-18(8-15)13(17)11-5-3-4-6-12(11)19/h3-6,13-14,19-20H,7-10H2,1-2H3/p+2. The summed E-state index contributed by atoms with van der Waals surface area (Å²) in [6, 6.07) is 7.75. The topological polar surface area (TPSA) is 49.3 Å². The minimum Gasteiger partial charge on any atom is -0.507 e. The third-order valence-electron chi connectivity index (χ3n) is 5.91. The molecule has 1 aromatic rings. The van der Waals surface area contributed by atoms with Crippen molar-refractivity contribution in [2.75, 3.05) is 26.2 Å². The molecule has 4 heterocycles. The fourth-order valence-corrected chi connectivity index (χ4v) is 5.42. The number of nitrogens with one attached hydrogen (secondary N) is 2. The zero-order valence-electron chi connectivity index (χ0n) is 12.2. The van der Waals surface area contributed by atoms with Crippen molar-refractivity contribution < 1.29 is 20.0 Å². The van der Waals surface area contributed by atoms with Crippen LogP contribution in [0.1, 0.15) is 25.6 Å². The monoisotopic (exact) mass is 276 g/mol. The molecule has 0 unspecified atom stereocenters. The number of hydrogen-bond acceptors (Lipinski definition) is 2. The van der Waals surface area contributed by atoms with Crippen molar-refractivity contribution in [2.45, 2.75) is 26.1 Å². The summed E-state index contributed by atoms with van der Waals surface area (Å²) in [6.45, 7) is 8.49. The van der Waals surface area contributed by atoms with E-state index in [1.54, 1.807) is 6.07 Å². The lowest BCUT2D eigenvalue weighted by Crippen LogP contribution is -3.41. The highest BCUT2D eigenvalue weighted by atomic mass is 16.3. The summed E-state index contributed by atoms with van der Waals surface area (Å²) in [7, 11) is 0. The van der Waals surface area contributed by atoms with Crippen LogP contribution in [-0.4, -0.2) is 42.5 Å². The molecule has 4 N–H and O–H groups in total. The van der Waals surface area contributed by atoms with Gasteiger partial charge in [0.05, 0.1) is 43.1 Å². The van der Waals surface area contributed by atoms with Crippen molar-refractivity contribution in [2.24, 2.45) is 10.8 Å². The summed E-state index contributed by atoms with van der Waals surface area (Å²) >= 11 is 0. The summed E-state index contributed by atoms with van der Waals surface area (Å²) in [4.78, 5) is 3.05. The maximum absolute atomic E-state index is 10.7. The summed E-state index contributed by atoms with van der Waals surface area (Å²) in [5, 5.41) is 20.9. The molecule has 4 nitrogen and oxygen atoms in total. The van der Waals surface area contributed by atoms with E-state index in [2.05, 4.69) is 19.9 Å². The van der Waals surface area contributed by atoms with Gasteiger partial charge in [-0.3, -0.25) is 9.80 Å². The van der Waals surface area contributed by atoms with Crippen LogP contribution < -0.4 is 9.80 Å². The first-order valence-corrected chi connectivity index (χ1v) is 7.58. The predicted molar refractivity (Wildman–Crippen MR) is 74.5 cm³/mol. The molecule has 108 valence electrons. The molecule has 4 heteroatoms. The van der Waals surface area contributed by atoms with Crippen molar-refractivity contribution >= 4 is 0 Å². The van der Waals surface area contributed by atoms with E-state index in [1.807, 2.05) is 12.1 Å². The first-order valence-electron chi connectivity index (χ1n) is 7.58. The van der Waals surface area contributed by atoms with Gasteiger partial charge >= 0.3 is 0 Å². The van der Waals surface area contributed by atoms with Crippen LogP contribution in [0.25, 0.3) is 0 Å². The maximum atomic E-state index is 10.7. The molecule has 4 fully saturated rings. The normalized spacial score (nSPS) is 49.5. The molecule has 4 aliphatic rings. The Labute approximate surface area is 119 Å². The van der Waals surface area contributed by atoms with Crippen LogP contribution in [0, 0.1) is 10.8 Å². The second kappa shape index (κ2) is 3.75. The molecule has 0 aromatic heterocycles. The lowest BCUT2D eigenvalue weighted by molar-refractivity contribution is -1.19. The zero-order valence-corrected chi connectivity index (χ0v) is 12.2. The number of benzene rings is 1. The van der Waals surface area contributed by atoms with E-state index in [0.29, 0.717) is 11.9 Å². The maximum Gasteiger partial charge on any atom is 0.243 e. The SMILES string of the molecule is CC12C[NH+]3CC(C)(C[NH+](C1)C3c1ccccc1O)C2O. The Balaban J connectivity index is 1.76. The molecule has 0 radical (unpaired) electrons. The van der Waals surface area contributed by atoms with Gasteiger partial charge in [-0.25, -0.2) is 0 Å². The minimum absolute atomic E-state index is 0.0246. The minimum atomic E-state index is -0.187. The fourth-order valence-electron chi connectivity index (χ4n) is 5.42. The van der Waals surface area contributed by atoms with Crippen molar-refractivity contribution in [1.29, 1.82) is 0 Å². The van der Waals surface area contributed by atoms with Gasteiger partial charge in [0, 0.05) is 0 Å². The molecule has 0 amide bonds. The Morgan fingerprint density at radius 3 is 2.00 bits per heavy atom. The number of aliphatic hydroxyl groups is 1. The average Bonchev–Trinajstić information content (AvgIpc) is 2.36. The molecule has 1 aromatic carbocycles. The van der Waals surface area contributed by atoms with E-state index < -0.39 is 0 Å². The molecule has 0 aliphatic carbocycles. The number of aromatic hydroxyl groups is 1. The largest absolute Gasteiger partial charge is 0.507 e. The van der Waals surface area contributed by atoms with Gasteiger partial charge in [-0.1, -0.05) is 12.1 Å². The molecule has 0 atom stereocenters. The molecule has 4 bridgehead atoms. The van der Waals surface area contributed by atoms with Crippen molar-refractivity contribution in [3.8, 4) is 5.75 Å². The van der Waals surface area contributed by atoms with Crippen LogP contribution in [0.5, 0.6) is 5.75 Å². The highest BCUT2D eigenvalue weighted by Crippen LogP contribution is 2.40. The van der Waals surface area contributed by atoms with Gasteiger partial charge < -0.3 is 10.2 Å². The molecule has 4 saturated heterocycles. The van der Waals surface area contributed by atoms with Crippen molar-refractivity contribution in [3.63, 3.8) is 0 Å². The Hall–Kier alpha value is -1.10. The van der Waals surface area contributed by atoms with Gasteiger partial charge in [0.25, 0.3) is 0 Å². The second-order valence-corrected chi connectivity index (χ2v) is 7.73. The van der Waals surface area contributed by atoms with Crippen molar-refractivity contribution in [3.05, 3.63) is 29.8 Å². The first-order chi connectivity index (χ1) is 9.43. The van der Waals surface area contributed by atoms with E-state index in [4.69, 9.17) is 0 Å². The number of piperidine rings is 2. The average molecular weight is 276 g/mol. The van der Waals surface area contributed by atoms with E-state index in [0.717, 1.165) is 31.7 Å². The quantitative estimate of drug-likeness (QED) is 0.509. The van der Waals surface area contributed by atoms with E-state index >= 15 is 0 Å². The Kier molecular flexibility index (Phi) is 2.37. The summed E-state index contributed by atoms with van der Waals surface area (Å²) in [5.74, 6) is 0.417. The number of aliphatic hydroxyl groups excluding tert-OH is 1. The summed E-state index contributed by atoms with van der Waals surface area (Å²) in [6.07, 6.45) is 0.137. The molecule has 5 rings (SSSR count). The molecule has 0 spiro atoms. The predicted octanol–water partition coefficient (Wildman–Crippen LogP) is -1.43. The van der Waals surface area contributed by atoms with Gasteiger partial charge in [-0.2, -0.15) is 0 Å². The highest BCUT2D eigenvalue weighted by Gasteiger charge is 2.68. The molecular formula is C16H24N2O2+2. The molecular weight excluding hydrogens is 252 g/mol. The van der Waals surface area contributed by atoms with E-state index in [-0.39, 0.29) is 16.9 Å². The van der Waals surface area contributed by atoms with Crippen molar-refractivity contribution in [1.82, 2.24) is 0 Å². The third-order valence-corrected chi connectivity index (χ3v) is 5.91. The smallest absolute Gasteiger partial charge is 0.243 e. The first kappa shape index (κ1) is 12.6. The second-order valence-electron chi connectivity index (χ2n) is 7.73. The van der Waals surface area contributed by atoms with Crippen LogP contribution in [-0.2, 0) is 0 Å². The van der Waals surface area contributed by atoms with Gasteiger partial charge in [-0.15, -0.1) is 0 Å². The molecule has 4 aliphatic heterocycles. The summed E-state index contributed by atoms with van der Waals surface area (Å²) < 4.78 is 0. The number of phenols is 1. The lowest BCUT2D eigenvalue weighted by Gasteiger charge is -2.62. The molecule has 20 heavy (non-hydrogen) atoms. The van der Waals surface area contributed by atoms with Crippen LogP contribution in [0.3, 0.4) is 0 Å². The highest BCUT2D eigenvalue weighted by molar-refractivity contribution is 5.32. The number of hydrogen-bond donors (Lipinski definition) is 4. The Morgan fingerprint density at radius 1 is 1.00 bits per heavy atom. The summed E-state index contributed by atoms with van der Waals surface area (Å²) in [5.41, 5.74) is 1.12. The van der Waals surface area contributed by atoms with Crippen LogP contribution in [0.4, 0.5) is 0 Å². The van der Waals surface area contributed by atoms with E-state index in [9.17, 15) is 10.2 Å². The Bertz CT molecular complexity index is 521. The van der Waals surface area contributed by atoms with Crippen LogP contribution >= 0.6 is 0 Å². The molecule has 0 saturated carbocycles. The van der Waals surface area contributed by atoms with Gasteiger partial charge in [0.15, 0.2) is 0 Å².